The van der Waals surface area contributed by atoms with E-state index in [2.05, 4.69) is 15.3 Å². The summed E-state index contributed by atoms with van der Waals surface area (Å²) in [4.78, 5) is 0.819. The maximum atomic E-state index is 5.91. The molecule has 1 atom stereocenters. The van der Waals surface area contributed by atoms with Gasteiger partial charge in [-0.1, -0.05) is 18.3 Å². The van der Waals surface area contributed by atoms with Crippen LogP contribution in [0.25, 0.3) is 4.96 Å². The normalized spacial score (nSPS) is 13.8. The SMILES string of the molecule is CCc1nnc2sc(C(C)Cl)nn12. The van der Waals surface area contributed by atoms with Gasteiger partial charge in [0.25, 0.3) is 0 Å². The van der Waals surface area contributed by atoms with Gasteiger partial charge in [0.1, 0.15) is 5.01 Å². The van der Waals surface area contributed by atoms with Crippen LogP contribution >= 0.6 is 22.9 Å². The Bertz CT molecular complexity index is 419. The Morgan fingerprint density at radius 2 is 2.31 bits per heavy atom. The monoisotopic (exact) mass is 216 g/mol. The molecule has 2 rings (SSSR count). The largest absolute Gasteiger partial charge is 0.234 e. The molecule has 6 heteroatoms. The summed E-state index contributed by atoms with van der Waals surface area (Å²) < 4.78 is 1.76. The third-order valence-corrected chi connectivity index (χ3v) is 3.15. The fourth-order valence-electron chi connectivity index (χ4n) is 1.05. The minimum absolute atomic E-state index is 0.0589. The van der Waals surface area contributed by atoms with E-state index in [1.807, 2.05) is 13.8 Å². The number of fused-ring (bicyclic) bond motifs is 1. The second-order valence-corrected chi connectivity index (χ2v) is 4.36. The predicted molar refractivity (Wildman–Crippen MR) is 52.3 cm³/mol. The van der Waals surface area contributed by atoms with E-state index in [-0.39, 0.29) is 5.38 Å². The summed E-state index contributed by atoms with van der Waals surface area (Å²) in [7, 11) is 0. The number of rotatable bonds is 2. The lowest BCUT2D eigenvalue weighted by Crippen LogP contribution is -1.94. The van der Waals surface area contributed by atoms with Crippen LogP contribution in [0.5, 0.6) is 0 Å². The molecule has 0 saturated heterocycles. The topological polar surface area (TPSA) is 43.1 Å². The summed E-state index contributed by atoms with van der Waals surface area (Å²) in [6.45, 7) is 3.93. The molecular formula is C7H9ClN4S. The first-order chi connectivity index (χ1) is 6.22. The Hall–Kier alpha value is -0.680. The van der Waals surface area contributed by atoms with Gasteiger partial charge in [0.2, 0.25) is 4.96 Å². The van der Waals surface area contributed by atoms with Crippen LogP contribution in [0.4, 0.5) is 0 Å². The summed E-state index contributed by atoms with van der Waals surface area (Å²) in [6.07, 6.45) is 0.834. The van der Waals surface area contributed by atoms with Gasteiger partial charge in [-0.3, -0.25) is 0 Å². The van der Waals surface area contributed by atoms with E-state index >= 15 is 0 Å². The molecule has 0 aliphatic rings. The van der Waals surface area contributed by atoms with Gasteiger partial charge in [-0.15, -0.1) is 21.8 Å². The van der Waals surface area contributed by atoms with Crippen molar-refractivity contribution in [2.45, 2.75) is 25.6 Å². The van der Waals surface area contributed by atoms with Crippen molar-refractivity contribution >= 4 is 27.9 Å². The Morgan fingerprint density at radius 3 is 2.92 bits per heavy atom. The van der Waals surface area contributed by atoms with Crippen LogP contribution in [0.1, 0.15) is 30.1 Å². The number of hydrogen-bond donors (Lipinski definition) is 0. The van der Waals surface area contributed by atoms with Gasteiger partial charge >= 0.3 is 0 Å². The summed E-state index contributed by atoms with van der Waals surface area (Å²) in [6, 6.07) is 0. The van der Waals surface area contributed by atoms with Crippen molar-refractivity contribution in [3.63, 3.8) is 0 Å². The van der Waals surface area contributed by atoms with Crippen molar-refractivity contribution in [3.05, 3.63) is 10.8 Å². The highest BCUT2D eigenvalue weighted by Gasteiger charge is 2.12. The minimum atomic E-state index is -0.0589. The van der Waals surface area contributed by atoms with Crippen LogP contribution < -0.4 is 0 Å². The fraction of sp³-hybridized carbons (Fsp3) is 0.571. The Morgan fingerprint density at radius 1 is 1.54 bits per heavy atom. The van der Waals surface area contributed by atoms with Gasteiger partial charge in [-0.2, -0.15) is 9.61 Å². The number of aryl methyl sites for hydroxylation is 1. The van der Waals surface area contributed by atoms with E-state index in [1.165, 1.54) is 11.3 Å². The van der Waals surface area contributed by atoms with Gasteiger partial charge in [-0.25, -0.2) is 0 Å². The maximum absolute atomic E-state index is 5.91. The standard InChI is InChI=1S/C7H9ClN4S/c1-3-5-9-10-7-12(5)11-6(13-7)4(2)8/h4H,3H2,1-2H3. The molecule has 0 radical (unpaired) electrons. The Labute approximate surface area is 84.5 Å². The first kappa shape index (κ1) is 8.90. The van der Waals surface area contributed by atoms with Crippen molar-refractivity contribution in [2.24, 2.45) is 0 Å². The van der Waals surface area contributed by atoms with Gasteiger partial charge in [0.05, 0.1) is 5.38 Å². The molecule has 0 spiro atoms. The number of hydrogen-bond acceptors (Lipinski definition) is 4. The quantitative estimate of drug-likeness (QED) is 0.722. The molecule has 2 aromatic rings. The Balaban J connectivity index is 2.56. The molecule has 0 saturated carbocycles. The average molecular weight is 217 g/mol. The lowest BCUT2D eigenvalue weighted by molar-refractivity contribution is 0.809. The molecule has 2 heterocycles. The molecule has 0 fully saturated rings. The van der Waals surface area contributed by atoms with Crippen molar-refractivity contribution in [3.8, 4) is 0 Å². The second-order valence-electron chi connectivity index (χ2n) is 2.72. The van der Waals surface area contributed by atoms with Crippen LogP contribution in [-0.2, 0) is 6.42 Å². The van der Waals surface area contributed by atoms with Crippen LogP contribution in [0.3, 0.4) is 0 Å². The highest BCUT2D eigenvalue weighted by molar-refractivity contribution is 7.16. The molecule has 0 bridgehead atoms. The summed E-state index contributed by atoms with van der Waals surface area (Å²) in [5.41, 5.74) is 0. The lowest BCUT2D eigenvalue weighted by Gasteiger charge is -1.92. The molecule has 1 unspecified atom stereocenters. The highest BCUT2D eigenvalue weighted by Crippen LogP contribution is 2.24. The van der Waals surface area contributed by atoms with Gasteiger partial charge < -0.3 is 0 Å². The van der Waals surface area contributed by atoms with Crippen LogP contribution in [0, 0.1) is 0 Å². The van der Waals surface area contributed by atoms with E-state index < -0.39 is 0 Å². The molecule has 13 heavy (non-hydrogen) atoms. The summed E-state index contributed by atoms with van der Waals surface area (Å²) in [5, 5.41) is 13.1. The molecule has 0 aliphatic carbocycles. The zero-order chi connectivity index (χ0) is 9.42. The number of aromatic nitrogens is 4. The highest BCUT2D eigenvalue weighted by atomic mass is 35.5. The van der Waals surface area contributed by atoms with E-state index in [9.17, 15) is 0 Å². The van der Waals surface area contributed by atoms with E-state index in [0.717, 1.165) is 22.2 Å². The van der Waals surface area contributed by atoms with Crippen molar-refractivity contribution < 1.29 is 0 Å². The molecule has 2 aromatic heterocycles. The van der Waals surface area contributed by atoms with E-state index in [4.69, 9.17) is 11.6 Å². The van der Waals surface area contributed by atoms with Crippen LogP contribution in [0.2, 0.25) is 0 Å². The molecule has 0 amide bonds. The first-order valence-electron chi connectivity index (χ1n) is 4.07. The molecular weight excluding hydrogens is 208 g/mol. The van der Waals surface area contributed by atoms with Crippen molar-refractivity contribution in [2.75, 3.05) is 0 Å². The maximum Gasteiger partial charge on any atom is 0.234 e. The smallest absolute Gasteiger partial charge is 0.187 e. The first-order valence-corrected chi connectivity index (χ1v) is 5.32. The second kappa shape index (κ2) is 3.23. The summed E-state index contributed by atoms with van der Waals surface area (Å²) in [5.74, 6) is 0.884. The summed E-state index contributed by atoms with van der Waals surface area (Å²) >= 11 is 7.40. The van der Waals surface area contributed by atoms with Gasteiger partial charge in [-0.05, 0) is 6.92 Å². The molecule has 70 valence electrons. The third-order valence-electron chi connectivity index (χ3n) is 1.73. The average Bonchev–Trinajstić information content (AvgIpc) is 2.60. The lowest BCUT2D eigenvalue weighted by atomic mass is 10.5. The molecule has 4 nitrogen and oxygen atoms in total. The van der Waals surface area contributed by atoms with Gasteiger partial charge in [0, 0.05) is 6.42 Å². The zero-order valence-electron chi connectivity index (χ0n) is 7.36. The number of alkyl halides is 1. The van der Waals surface area contributed by atoms with Gasteiger partial charge in [0.15, 0.2) is 5.82 Å². The van der Waals surface area contributed by atoms with Crippen LogP contribution in [0.15, 0.2) is 0 Å². The Kier molecular flexibility index (Phi) is 2.21. The fourth-order valence-corrected chi connectivity index (χ4v) is 2.02. The third kappa shape index (κ3) is 1.42. The predicted octanol–water partition coefficient (Wildman–Crippen LogP) is 2.05. The molecule has 0 N–H and O–H groups in total. The number of nitrogens with zero attached hydrogens (tertiary/aromatic N) is 4. The van der Waals surface area contributed by atoms with Crippen LogP contribution in [-0.4, -0.2) is 19.8 Å². The van der Waals surface area contributed by atoms with E-state index in [1.54, 1.807) is 4.52 Å². The molecule has 0 aromatic carbocycles. The zero-order valence-corrected chi connectivity index (χ0v) is 8.93. The van der Waals surface area contributed by atoms with Crippen molar-refractivity contribution in [1.29, 1.82) is 0 Å². The van der Waals surface area contributed by atoms with Crippen molar-refractivity contribution in [1.82, 2.24) is 19.8 Å². The molecule has 0 aliphatic heterocycles. The van der Waals surface area contributed by atoms with E-state index in [0.29, 0.717) is 0 Å². The number of halogens is 1. The minimum Gasteiger partial charge on any atom is -0.187 e.